The third kappa shape index (κ3) is 5.14. The fourth-order valence-corrected chi connectivity index (χ4v) is 2.92. The molecule has 0 unspecified atom stereocenters. The van der Waals surface area contributed by atoms with Crippen LogP contribution in [0.2, 0.25) is 0 Å². The van der Waals surface area contributed by atoms with Crippen molar-refractivity contribution >= 4 is 23.6 Å². The standard InChI is InChI=1S/C24H24N2O5/c1-15-7-5-9-19(16(15)2)25-24(28)20(14-18-8-6-12-31-18)26-23(27)17-10-11-21(29-3)22(13-17)30-4/h5-14H,1-4H3,(H,25,28)(H,26,27)/b20-14-. The maximum atomic E-state index is 13.0. The molecule has 2 amide bonds. The van der Waals surface area contributed by atoms with E-state index in [-0.39, 0.29) is 5.70 Å². The van der Waals surface area contributed by atoms with Crippen molar-refractivity contribution in [3.05, 3.63) is 82.9 Å². The van der Waals surface area contributed by atoms with Crippen LogP contribution in [-0.4, -0.2) is 26.0 Å². The lowest BCUT2D eigenvalue weighted by Crippen LogP contribution is -2.31. The molecule has 0 fully saturated rings. The zero-order valence-electron chi connectivity index (χ0n) is 17.8. The Balaban J connectivity index is 1.88. The second-order valence-corrected chi connectivity index (χ2v) is 6.80. The first-order chi connectivity index (χ1) is 14.9. The molecule has 0 aliphatic rings. The number of hydrogen-bond donors (Lipinski definition) is 2. The van der Waals surface area contributed by atoms with Crippen molar-refractivity contribution in [2.75, 3.05) is 19.5 Å². The first kappa shape index (κ1) is 21.7. The number of methoxy groups -OCH3 is 2. The molecular weight excluding hydrogens is 396 g/mol. The fraction of sp³-hybridized carbons (Fsp3) is 0.167. The highest BCUT2D eigenvalue weighted by molar-refractivity contribution is 6.10. The second-order valence-electron chi connectivity index (χ2n) is 6.80. The van der Waals surface area contributed by atoms with E-state index in [1.165, 1.54) is 26.6 Å². The molecule has 0 saturated carbocycles. The van der Waals surface area contributed by atoms with Gasteiger partial charge in [-0.25, -0.2) is 0 Å². The van der Waals surface area contributed by atoms with Crippen LogP contribution in [0, 0.1) is 13.8 Å². The average molecular weight is 420 g/mol. The summed E-state index contributed by atoms with van der Waals surface area (Å²) in [5, 5.41) is 5.52. The minimum absolute atomic E-state index is 0.0376. The van der Waals surface area contributed by atoms with Crippen LogP contribution in [0.3, 0.4) is 0 Å². The van der Waals surface area contributed by atoms with Crippen LogP contribution in [0.15, 0.2) is 64.9 Å². The zero-order valence-corrected chi connectivity index (χ0v) is 17.8. The molecule has 3 rings (SSSR count). The number of rotatable bonds is 7. The Morgan fingerprint density at radius 1 is 0.968 bits per heavy atom. The molecule has 2 aromatic carbocycles. The predicted molar refractivity (Wildman–Crippen MR) is 118 cm³/mol. The van der Waals surface area contributed by atoms with E-state index in [0.717, 1.165) is 11.1 Å². The third-order valence-electron chi connectivity index (χ3n) is 4.82. The second kappa shape index (κ2) is 9.67. The maximum absolute atomic E-state index is 13.0. The molecule has 3 aromatic rings. The normalized spacial score (nSPS) is 11.0. The van der Waals surface area contributed by atoms with Crippen molar-refractivity contribution in [1.82, 2.24) is 5.32 Å². The molecule has 0 aliphatic carbocycles. The van der Waals surface area contributed by atoms with Crippen LogP contribution < -0.4 is 20.1 Å². The minimum atomic E-state index is -0.477. The summed E-state index contributed by atoms with van der Waals surface area (Å²) in [6.07, 6.45) is 2.96. The molecule has 160 valence electrons. The molecule has 7 heteroatoms. The molecule has 1 aromatic heterocycles. The largest absolute Gasteiger partial charge is 0.493 e. The summed E-state index contributed by atoms with van der Waals surface area (Å²) in [5.74, 6) is 0.386. The molecule has 1 heterocycles. The number of nitrogens with one attached hydrogen (secondary N) is 2. The van der Waals surface area contributed by atoms with Crippen molar-refractivity contribution in [2.45, 2.75) is 13.8 Å². The van der Waals surface area contributed by atoms with Crippen LogP contribution in [0.4, 0.5) is 5.69 Å². The van der Waals surface area contributed by atoms with Gasteiger partial charge in [-0.05, 0) is 61.4 Å². The van der Waals surface area contributed by atoms with E-state index in [1.54, 1.807) is 36.4 Å². The summed E-state index contributed by atoms with van der Waals surface area (Å²) in [5.41, 5.74) is 3.00. The lowest BCUT2D eigenvalue weighted by Gasteiger charge is -2.14. The van der Waals surface area contributed by atoms with E-state index in [4.69, 9.17) is 13.9 Å². The number of amides is 2. The molecule has 0 radical (unpaired) electrons. The average Bonchev–Trinajstić information content (AvgIpc) is 3.29. The smallest absolute Gasteiger partial charge is 0.272 e. The minimum Gasteiger partial charge on any atom is -0.493 e. The van der Waals surface area contributed by atoms with Crippen LogP contribution in [0.1, 0.15) is 27.2 Å². The molecule has 0 spiro atoms. The number of benzene rings is 2. The summed E-state index contributed by atoms with van der Waals surface area (Å²) in [6, 6.07) is 13.8. The van der Waals surface area contributed by atoms with Crippen LogP contribution in [0.25, 0.3) is 6.08 Å². The van der Waals surface area contributed by atoms with Gasteiger partial charge in [0.1, 0.15) is 11.5 Å². The van der Waals surface area contributed by atoms with Gasteiger partial charge in [0.15, 0.2) is 11.5 Å². The predicted octanol–water partition coefficient (Wildman–Crippen LogP) is 4.32. The third-order valence-corrected chi connectivity index (χ3v) is 4.82. The van der Waals surface area contributed by atoms with E-state index in [1.807, 2.05) is 26.0 Å². The van der Waals surface area contributed by atoms with Crippen molar-refractivity contribution in [2.24, 2.45) is 0 Å². The number of ether oxygens (including phenoxy) is 2. The molecule has 0 bridgehead atoms. The Hall–Kier alpha value is -4.00. The molecule has 2 N–H and O–H groups in total. The maximum Gasteiger partial charge on any atom is 0.272 e. The number of aryl methyl sites for hydroxylation is 1. The van der Waals surface area contributed by atoms with E-state index in [9.17, 15) is 9.59 Å². The summed E-state index contributed by atoms with van der Waals surface area (Å²) in [6.45, 7) is 3.88. The number of anilines is 1. The first-order valence-electron chi connectivity index (χ1n) is 9.59. The monoisotopic (exact) mass is 420 g/mol. The van der Waals surface area contributed by atoms with Gasteiger partial charge in [0, 0.05) is 17.3 Å². The highest BCUT2D eigenvalue weighted by Crippen LogP contribution is 2.27. The van der Waals surface area contributed by atoms with Crippen molar-refractivity contribution < 1.29 is 23.5 Å². The van der Waals surface area contributed by atoms with Crippen LogP contribution in [-0.2, 0) is 4.79 Å². The first-order valence-corrected chi connectivity index (χ1v) is 9.59. The Morgan fingerprint density at radius 2 is 1.74 bits per heavy atom. The Bertz CT molecular complexity index is 1120. The van der Waals surface area contributed by atoms with Gasteiger partial charge in [0.05, 0.1) is 20.5 Å². The lowest BCUT2D eigenvalue weighted by atomic mass is 10.1. The molecule has 7 nitrogen and oxygen atoms in total. The highest BCUT2D eigenvalue weighted by Gasteiger charge is 2.18. The molecule has 0 saturated heterocycles. The fourth-order valence-electron chi connectivity index (χ4n) is 2.92. The van der Waals surface area contributed by atoms with Crippen molar-refractivity contribution in [1.29, 1.82) is 0 Å². The van der Waals surface area contributed by atoms with Crippen LogP contribution >= 0.6 is 0 Å². The summed E-state index contributed by atoms with van der Waals surface area (Å²) < 4.78 is 15.8. The van der Waals surface area contributed by atoms with E-state index >= 15 is 0 Å². The number of carbonyl (C=O) groups excluding carboxylic acids is 2. The van der Waals surface area contributed by atoms with Gasteiger partial charge in [-0.2, -0.15) is 0 Å². The van der Waals surface area contributed by atoms with Gasteiger partial charge in [-0.3, -0.25) is 9.59 Å². The molecule has 31 heavy (non-hydrogen) atoms. The molecule has 0 aliphatic heterocycles. The SMILES string of the molecule is COc1ccc(C(=O)N/C(=C\c2ccco2)C(=O)Nc2cccc(C)c2C)cc1OC. The Morgan fingerprint density at radius 3 is 2.42 bits per heavy atom. The van der Waals surface area contributed by atoms with E-state index in [2.05, 4.69) is 10.6 Å². The molecule has 0 atom stereocenters. The molecular formula is C24H24N2O5. The Labute approximate surface area is 180 Å². The van der Waals surface area contributed by atoms with Crippen molar-refractivity contribution in [3.8, 4) is 11.5 Å². The van der Waals surface area contributed by atoms with Gasteiger partial charge in [0.2, 0.25) is 0 Å². The zero-order chi connectivity index (χ0) is 22.4. The van der Waals surface area contributed by atoms with Gasteiger partial charge in [-0.15, -0.1) is 0 Å². The quantitative estimate of drug-likeness (QED) is 0.556. The lowest BCUT2D eigenvalue weighted by molar-refractivity contribution is -0.113. The van der Waals surface area contributed by atoms with Gasteiger partial charge >= 0.3 is 0 Å². The van der Waals surface area contributed by atoms with E-state index < -0.39 is 11.8 Å². The Kier molecular flexibility index (Phi) is 6.77. The van der Waals surface area contributed by atoms with Crippen molar-refractivity contribution in [3.63, 3.8) is 0 Å². The topological polar surface area (TPSA) is 89.8 Å². The van der Waals surface area contributed by atoms with Gasteiger partial charge in [-0.1, -0.05) is 12.1 Å². The number of hydrogen-bond acceptors (Lipinski definition) is 5. The van der Waals surface area contributed by atoms with Gasteiger partial charge in [0.25, 0.3) is 11.8 Å². The van der Waals surface area contributed by atoms with E-state index in [0.29, 0.717) is 28.5 Å². The van der Waals surface area contributed by atoms with Gasteiger partial charge < -0.3 is 24.5 Å². The summed E-state index contributed by atoms with van der Waals surface area (Å²) in [4.78, 5) is 25.9. The number of carbonyl (C=O) groups is 2. The highest BCUT2D eigenvalue weighted by atomic mass is 16.5. The summed E-state index contributed by atoms with van der Waals surface area (Å²) in [7, 11) is 3.00. The van der Waals surface area contributed by atoms with Crippen LogP contribution in [0.5, 0.6) is 11.5 Å². The summed E-state index contributed by atoms with van der Waals surface area (Å²) >= 11 is 0. The number of furan rings is 1.